The quantitative estimate of drug-likeness (QED) is 0.409. The molecule has 0 aromatic heterocycles. The number of non-ortho nitro benzene ring substituents is 1. The smallest absolute Gasteiger partial charge is 0.270 e. The Morgan fingerprint density at radius 2 is 1.83 bits per heavy atom. The minimum absolute atomic E-state index is 0.0579. The van der Waals surface area contributed by atoms with Gasteiger partial charge in [-0.1, -0.05) is 15.9 Å². The molecule has 2 aromatic rings. The van der Waals surface area contributed by atoms with Gasteiger partial charge in [0.25, 0.3) is 5.69 Å². The van der Waals surface area contributed by atoms with Crippen LogP contribution in [-0.4, -0.2) is 4.92 Å². The number of halogens is 2. The van der Waals surface area contributed by atoms with E-state index in [1.807, 2.05) is 46.9 Å². The first-order chi connectivity index (χ1) is 8.56. The second-order valence-electron chi connectivity index (χ2n) is 3.43. The molecule has 0 radical (unpaired) electrons. The van der Waals surface area contributed by atoms with Crippen molar-refractivity contribution in [3.8, 4) is 11.5 Å². The van der Waals surface area contributed by atoms with Gasteiger partial charge >= 0.3 is 0 Å². The fourth-order valence-corrected chi connectivity index (χ4v) is 2.19. The molecule has 0 atom stereocenters. The van der Waals surface area contributed by atoms with Crippen LogP contribution < -0.4 is 4.74 Å². The van der Waals surface area contributed by atoms with E-state index in [-0.39, 0.29) is 5.69 Å². The second-order valence-corrected chi connectivity index (χ2v) is 5.51. The van der Waals surface area contributed by atoms with Gasteiger partial charge in [-0.3, -0.25) is 10.1 Å². The summed E-state index contributed by atoms with van der Waals surface area (Å²) in [7, 11) is 0. The van der Waals surface area contributed by atoms with E-state index in [1.165, 1.54) is 12.1 Å². The maximum absolute atomic E-state index is 10.6. The first-order valence-electron chi connectivity index (χ1n) is 4.93. The maximum Gasteiger partial charge on any atom is 0.270 e. The first kappa shape index (κ1) is 13.3. The van der Waals surface area contributed by atoms with E-state index in [0.29, 0.717) is 15.1 Å². The minimum Gasteiger partial charge on any atom is -0.456 e. The lowest BCUT2D eigenvalue weighted by atomic mass is 10.3. The molecule has 0 aliphatic rings. The van der Waals surface area contributed by atoms with Crippen molar-refractivity contribution in [2.75, 3.05) is 0 Å². The van der Waals surface area contributed by atoms with Gasteiger partial charge in [-0.2, -0.15) is 0 Å². The number of nitro groups is 1. The summed E-state index contributed by atoms with van der Waals surface area (Å²) in [4.78, 5) is 10.2. The number of hydrogen-bond acceptors (Lipinski definition) is 3. The Labute approximate surface area is 125 Å². The van der Waals surface area contributed by atoms with E-state index in [0.717, 1.165) is 4.47 Å². The fourth-order valence-electron chi connectivity index (χ4n) is 1.32. The van der Waals surface area contributed by atoms with E-state index >= 15 is 0 Å². The Hall–Kier alpha value is -1.15. The normalized spacial score (nSPS) is 10.1. The van der Waals surface area contributed by atoms with Crippen molar-refractivity contribution in [1.82, 2.24) is 0 Å². The standard InChI is InChI=1S/C12H7BrINO3/c13-8-1-4-10(5-2-8)18-12-6-3-9(15(16)17)7-11(12)14/h1-7H. The molecule has 0 aliphatic carbocycles. The predicted molar refractivity (Wildman–Crippen MR) is 80.0 cm³/mol. The lowest BCUT2D eigenvalue weighted by molar-refractivity contribution is -0.385. The SMILES string of the molecule is O=[N+]([O-])c1ccc(Oc2ccc(Br)cc2)c(I)c1. The third-order valence-electron chi connectivity index (χ3n) is 2.17. The molecule has 4 nitrogen and oxygen atoms in total. The van der Waals surface area contributed by atoms with Crippen molar-refractivity contribution >= 4 is 44.2 Å². The van der Waals surface area contributed by atoms with E-state index in [1.54, 1.807) is 6.07 Å². The minimum atomic E-state index is -0.425. The van der Waals surface area contributed by atoms with Crippen molar-refractivity contribution < 1.29 is 9.66 Å². The van der Waals surface area contributed by atoms with Crippen LogP contribution in [-0.2, 0) is 0 Å². The number of rotatable bonds is 3. The Kier molecular flexibility index (Phi) is 4.18. The average Bonchev–Trinajstić information content (AvgIpc) is 2.34. The Morgan fingerprint density at radius 1 is 1.17 bits per heavy atom. The summed E-state index contributed by atoms with van der Waals surface area (Å²) in [6.45, 7) is 0. The molecule has 92 valence electrons. The molecule has 0 saturated heterocycles. The van der Waals surface area contributed by atoms with Gasteiger partial charge < -0.3 is 4.74 Å². The number of nitrogens with zero attached hydrogens (tertiary/aromatic N) is 1. The molecule has 0 heterocycles. The number of nitro benzene ring substituents is 1. The first-order valence-corrected chi connectivity index (χ1v) is 6.81. The molecule has 0 spiro atoms. The number of ether oxygens (including phenoxy) is 1. The molecule has 0 amide bonds. The largest absolute Gasteiger partial charge is 0.456 e. The van der Waals surface area contributed by atoms with Crippen molar-refractivity contribution in [3.63, 3.8) is 0 Å². The summed E-state index contributed by atoms with van der Waals surface area (Å²) in [6.07, 6.45) is 0. The molecule has 18 heavy (non-hydrogen) atoms. The lowest BCUT2D eigenvalue weighted by Gasteiger charge is -2.07. The van der Waals surface area contributed by atoms with Gasteiger partial charge in [0.2, 0.25) is 0 Å². The highest BCUT2D eigenvalue weighted by atomic mass is 127. The zero-order valence-corrected chi connectivity index (χ0v) is 12.7. The summed E-state index contributed by atoms with van der Waals surface area (Å²) in [5, 5.41) is 10.6. The molecule has 0 bridgehead atoms. The highest BCUT2D eigenvalue weighted by molar-refractivity contribution is 14.1. The van der Waals surface area contributed by atoms with E-state index in [4.69, 9.17) is 4.74 Å². The van der Waals surface area contributed by atoms with Crippen LogP contribution in [0.5, 0.6) is 11.5 Å². The van der Waals surface area contributed by atoms with Gasteiger partial charge in [0.15, 0.2) is 0 Å². The summed E-state index contributed by atoms with van der Waals surface area (Å²) in [5.41, 5.74) is 0.0579. The Balaban J connectivity index is 2.24. The van der Waals surface area contributed by atoms with Crippen LogP contribution in [0.4, 0.5) is 5.69 Å². The van der Waals surface area contributed by atoms with Crippen molar-refractivity contribution in [3.05, 3.63) is 60.6 Å². The monoisotopic (exact) mass is 419 g/mol. The third-order valence-corrected chi connectivity index (χ3v) is 3.54. The van der Waals surface area contributed by atoms with Gasteiger partial charge in [0.1, 0.15) is 11.5 Å². The Bertz CT molecular complexity index is 586. The summed E-state index contributed by atoms with van der Waals surface area (Å²) in [5.74, 6) is 1.29. The van der Waals surface area contributed by atoms with Crippen LogP contribution in [0, 0.1) is 13.7 Å². The molecule has 0 unspecified atom stereocenters. The zero-order chi connectivity index (χ0) is 13.1. The molecule has 0 saturated carbocycles. The molecule has 6 heteroatoms. The molecular formula is C12H7BrINO3. The summed E-state index contributed by atoms with van der Waals surface area (Å²) >= 11 is 5.35. The predicted octanol–water partition coefficient (Wildman–Crippen LogP) is 4.75. The van der Waals surface area contributed by atoms with E-state index in [9.17, 15) is 10.1 Å². The van der Waals surface area contributed by atoms with E-state index < -0.39 is 4.92 Å². The van der Waals surface area contributed by atoms with Crippen molar-refractivity contribution in [2.45, 2.75) is 0 Å². The van der Waals surface area contributed by atoms with Crippen LogP contribution in [0.1, 0.15) is 0 Å². The number of benzene rings is 2. The van der Waals surface area contributed by atoms with Crippen LogP contribution >= 0.6 is 38.5 Å². The maximum atomic E-state index is 10.6. The zero-order valence-electron chi connectivity index (χ0n) is 8.97. The molecule has 0 aliphatic heterocycles. The van der Waals surface area contributed by atoms with Gasteiger partial charge in [-0.15, -0.1) is 0 Å². The molecule has 0 fully saturated rings. The van der Waals surface area contributed by atoms with Gasteiger partial charge in [-0.25, -0.2) is 0 Å². The van der Waals surface area contributed by atoms with Crippen molar-refractivity contribution in [2.24, 2.45) is 0 Å². The van der Waals surface area contributed by atoms with E-state index in [2.05, 4.69) is 15.9 Å². The highest BCUT2D eigenvalue weighted by Gasteiger charge is 2.10. The Morgan fingerprint density at radius 3 is 2.39 bits per heavy atom. The van der Waals surface area contributed by atoms with Crippen molar-refractivity contribution in [1.29, 1.82) is 0 Å². The van der Waals surface area contributed by atoms with Crippen LogP contribution in [0.2, 0.25) is 0 Å². The number of hydrogen-bond donors (Lipinski definition) is 0. The van der Waals surface area contributed by atoms with Gasteiger partial charge in [-0.05, 0) is 52.9 Å². The average molecular weight is 420 g/mol. The molecule has 2 rings (SSSR count). The topological polar surface area (TPSA) is 52.4 Å². The molecule has 0 N–H and O–H groups in total. The van der Waals surface area contributed by atoms with Gasteiger partial charge in [0, 0.05) is 16.6 Å². The second kappa shape index (κ2) is 5.66. The van der Waals surface area contributed by atoms with Gasteiger partial charge in [0.05, 0.1) is 8.49 Å². The van der Waals surface area contributed by atoms with Crippen LogP contribution in [0.25, 0.3) is 0 Å². The molecule has 2 aromatic carbocycles. The highest BCUT2D eigenvalue weighted by Crippen LogP contribution is 2.30. The van der Waals surface area contributed by atoms with Crippen LogP contribution in [0.3, 0.4) is 0 Å². The summed E-state index contributed by atoms with van der Waals surface area (Å²) in [6, 6.07) is 11.9. The van der Waals surface area contributed by atoms with Crippen LogP contribution in [0.15, 0.2) is 46.9 Å². The molecular weight excluding hydrogens is 413 g/mol. The lowest BCUT2D eigenvalue weighted by Crippen LogP contribution is -1.91. The summed E-state index contributed by atoms with van der Waals surface area (Å²) < 4.78 is 7.31. The third kappa shape index (κ3) is 3.20. The fraction of sp³-hybridized carbons (Fsp3) is 0.